The first-order valence-electron chi connectivity index (χ1n) is 8.06. The summed E-state index contributed by atoms with van der Waals surface area (Å²) in [6, 6.07) is 12.5. The number of nitriles is 1. The molecular weight excluding hydrogens is 326 g/mol. The Hall–Kier alpha value is -2.88. The molecule has 1 aliphatic heterocycles. The highest BCUT2D eigenvalue weighted by molar-refractivity contribution is 5.51. The van der Waals surface area contributed by atoms with Crippen molar-refractivity contribution in [3.63, 3.8) is 0 Å². The minimum Gasteiger partial charge on any atom is -0.435 e. The first-order chi connectivity index (χ1) is 12.1. The van der Waals surface area contributed by atoms with Gasteiger partial charge in [0.05, 0.1) is 11.9 Å². The molecule has 0 saturated carbocycles. The lowest BCUT2D eigenvalue weighted by Crippen LogP contribution is -2.42. The molecule has 25 heavy (non-hydrogen) atoms. The van der Waals surface area contributed by atoms with E-state index in [9.17, 15) is 8.78 Å². The first kappa shape index (κ1) is 17.0. The molecule has 130 valence electrons. The fourth-order valence-corrected chi connectivity index (χ4v) is 2.95. The predicted octanol–water partition coefficient (Wildman–Crippen LogP) is 3.64. The van der Waals surface area contributed by atoms with Gasteiger partial charge in [-0.3, -0.25) is 0 Å². The van der Waals surface area contributed by atoms with Gasteiger partial charge in [-0.15, -0.1) is 0 Å². The highest BCUT2D eigenvalue weighted by Crippen LogP contribution is 2.25. The summed E-state index contributed by atoms with van der Waals surface area (Å²) in [7, 11) is 0. The molecule has 1 aromatic heterocycles. The fourth-order valence-electron chi connectivity index (χ4n) is 2.95. The largest absolute Gasteiger partial charge is 0.435 e. The van der Waals surface area contributed by atoms with Crippen LogP contribution in [0.25, 0.3) is 0 Å². The molecule has 2 aromatic rings. The van der Waals surface area contributed by atoms with Crippen LogP contribution in [-0.4, -0.2) is 30.7 Å². The number of rotatable bonds is 5. The van der Waals surface area contributed by atoms with Crippen LogP contribution in [0.5, 0.6) is 5.75 Å². The van der Waals surface area contributed by atoms with Crippen molar-refractivity contribution >= 4 is 11.4 Å². The van der Waals surface area contributed by atoms with Gasteiger partial charge in [0.15, 0.2) is 0 Å². The topological polar surface area (TPSA) is 61.2 Å². The predicted molar refractivity (Wildman–Crippen MR) is 90.9 cm³/mol. The molecule has 1 fully saturated rings. The van der Waals surface area contributed by atoms with E-state index in [-0.39, 0.29) is 11.8 Å². The molecule has 5 nitrogen and oxygen atoms in total. The average molecular weight is 344 g/mol. The van der Waals surface area contributed by atoms with Crippen LogP contribution in [0.2, 0.25) is 0 Å². The second kappa shape index (κ2) is 7.79. The summed E-state index contributed by atoms with van der Waals surface area (Å²) in [5.41, 5.74) is 2.25. The molecule has 7 heteroatoms. The molecule has 1 atom stereocenters. The Kier molecular flexibility index (Phi) is 5.29. The van der Waals surface area contributed by atoms with Crippen molar-refractivity contribution in [3.8, 4) is 11.8 Å². The van der Waals surface area contributed by atoms with Crippen LogP contribution in [0.4, 0.5) is 20.2 Å². The molecule has 0 bridgehead atoms. The van der Waals surface area contributed by atoms with Crippen LogP contribution in [0.15, 0.2) is 42.6 Å². The normalized spacial score (nSPS) is 17.2. The highest BCUT2D eigenvalue weighted by atomic mass is 19.3. The Morgan fingerprint density at radius 3 is 2.68 bits per heavy atom. The number of aromatic nitrogens is 1. The van der Waals surface area contributed by atoms with Gasteiger partial charge in [0, 0.05) is 24.8 Å². The van der Waals surface area contributed by atoms with E-state index in [0.29, 0.717) is 5.69 Å². The smallest absolute Gasteiger partial charge is 0.387 e. The zero-order chi connectivity index (χ0) is 17.6. The number of pyridine rings is 1. The van der Waals surface area contributed by atoms with Crippen molar-refractivity contribution in [2.75, 3.05) is 23.3 Å². The average Bonchev–Trinajstić information content (AvgIpc) is 2.63. The van der Waals surface area contributed by atoms with Crippen molar-refractivity contribution in [1.29, 1.82) is 5.26 Å². The zero-order valence-corrected chi connectivity index (χ0v) is 13.5. The lowest BCUT2D eigenvalue weighted by molar-refractivity contribution is -0.0498. The second-order valence-corrected chi connectivity index (χ2v) is 5.85. The number of piperidine rings is 1. The second-order valence-electron chi connectivity index (χ2n) is 5.85. The number of benzene rings is 1. The molecule has 0 unspecified atom stereocenters. The Labute approximate surface area is 144 Å². The van der Waals surface area contributed by atoms with E-state index in [1.807, 2.05) is 12.1 Å². The number of ether oxygens (including phenoxy) is 1. The third kappa shape index (κ3) is 4.57. The summed E-state index contributed by atoms with van der Waals surface area (Å²) in [5, 5.41) is 12.2. The first-order valence-corrected chi connectivity index (χ1v) is 8.06. The van der Waals surface area contributed by atoms with Crippen LogP contribution in [0.1, 0.15) is 18.5 Å². The molecule has 0 radical (unpaired) electrons. The summed E-state index contributed by atoms with van der Waals surface area (Å²) in [6.07, 6.45) is 3.72. The minimum absolute atomic E-state index is 0.161. The monoisotopic (exact) mass is 344 g/mol. The molecule has 1 N–H and O–H groups in total. The maximum atomic E-state index is 12.2. The molecular formula is C18H18F2N4O. The summed E-state index contributed by atoms with van der Waals surface area (Å²) < 4.78 is 28.8. The number of hydrogen-bond acceptors (Lipinski definition) is 5. The number of alkyl halides is 2. The summed E-state index contributed by atoms with van der Waals surface area (Å²) in [6.45, 7) is -1.09. The third-order valence-corrected chi connectivity index (χ3v) is 4.10. The van der Waals surface area contributed by atoms with Gasteiger partial charge in [0.1, 0.15) is 17.5 Å². The molecule has 0 spiro atoms. The fraction of sp³-hybridized carbons (Fsp3) is 0.333. The van der Waals surface area contributed by atoms with Gasteiger partial charge in [-0.1, -0.05) is 0 Å². The van der Waals surface area contributed by atoms with Crippen LogP contribution in [0, 0.1) is 11.3 Å². The maximum absolute atomic E-state index is 12.2. The molecule has 0 aliphatic carbocycles. The van der Waals surface area contributed by atoms with Gasteiger partial charge in [-0.2, -0.15) is 14.0 Å². The summed E-state index contributed by atoms with van der Waals surface area (Å²) in [5.74, 6) is 0.161. The molecule has 2 heterocycles. The Balaban J connectivity index is 1.61. The van der Waals surface area contributed by atoms with Gasteiger partial charge in [0.25, 0.3) is 0 Å². The number of nitrogens with one attached hydrogen (secondary N) is 1. The lowest BCUT2D eigenvalue weighted by Gasteiger charge is -2.35. The van der Waals surface area contributed by atoms with E-state index < -0.39 is 6.61 Å². The Morgan fingerprint density at radius 1 is 1.24 bits per heavy atom. The molecule has 0 amide bonds. The van der Waals surface area contributed by atoms with E-state index in [1.54, 1.807) is 36.5 Å². The summed E-state index contributed by atoms with van der Waals surface area (Å²) >= 11 is 0. The van der Waals surface area contributed by atoms with Crippen LogP contribution < -0.4 is 15.0 Å². The zero-order valence-electron chi connectivity index (χ0n) is 13.5. The lowest BCUT2D eigenvalue weighted by atomic mass is 10.0. The van der Waals surface area contributed by atoms with Gasteiger partial charge < -0.3 is 15.0 Å². The van der Waals surface area contributed by atoms with Gasteiger partial charge in [-0.05, 0) is 49.2 Å². The van der Waals surface area contributed by atoms with Crippen molar-refractivity contribution in [2.45, 2.75) is 25.5 Å². The Bertz CT molecular complexity index is 728. The van der Waals surface area contributed by atoms with E-state index in [1.165, 1.54) is 0 Å². The van der Waals surface area contributed by atoms with Gasteiger partial charge in [-0.25, -0.2) is 4.98 Å². The number of anilines is 2. The van der Waals surface area contributed by atoms with Gasteiger partial charge in [0.2, 0.25) is 0 Å². The van der Waals surface area contributed by atoms with Crippen molar-refractivity contribution in [2.24, 2.45) is 0 Å². The molecule has 1 aromatic carbocycles. The number of nitrogens with zero attached hydrogens (tertiary/aromatic N) is 3. The maximum Gasteiger partial charge on any atom is 0.387 e. The van der Waals surface area contributed by atoms with Crippen molar-refractivity contribution in [1.82, 2.24) is 4.98 Å². The molecule has 1 aliphatic rings. The molecule has 1 saturated heterocycles. The summed E-state index contributed by atoms with van der Waals surface area (Å²) in [4.78, 5) is 6.27. The van der Waals surface area contributed by atoms with E-state index in [2.05, 4.69) is 19.9 Å². The van der Waals surface area contributed by atoms with Crippen molar-refractivity contribution < 1.29 is 13.5 Å². The standard InChI is InChI=1S/C18H18F2N4O/c19-18(20)25-17-7-5-16(6-8-17)24-9-1-2-15(12-24)23-14-4-3-13(10-21)22-11-14/h3-8,11,15,18,23H,1-2,9,12H2/t15-/m0/s1. The Morgan fingerprint density at radius 2 is 2.04 bits per heavy atom. The van der Waals surface area contributed by atoms with E-state index >= 15 is 0 Å². The van der Waals surface area contributed by atoms with E-state index in [0.717, 1.165) is 37.3 Å². The number of halogens is 2. The van der Waals surface area contributed by atoms with Crippen LogP contribution in [-0.2, 0) is 0 Å². The third-order valence-electron chi connectivity index (χ3n) is 4.10. The quantitative estimate of drug-likeness (QED) is 0.897. The van der Waals surface area contributed by atoms with Crippen LogP contribution in [0.3, 0.4) is 0 Å². The van der Waals surface area contributed by atoms with Crippen molar-refractivity contribution in [3.05, 3.63) is 48.3 Å². The SMILES string of the molecule is N#Cc1ccc(N[C@H]2CCCN(c3ccc(OC(F)F)cc3)C2)cn1. The van der Waals surface area contributed by atoms with Gasteiger partial charge >= 0.3 is 6.61 Å². The number of hydrogen-bond donors (Lipinski definition) is 1. The van der Waals surface area contributed by atoms with E-state index in [4.69, 9.17) is 5.26 Å². The highest BCUT2D eigenvalue weighted by Gasteiger charge is 2.20. The van der Waals surface area contributed by atoms with Crippen LogP contribution >= 0.6 is 0 Å². The molecule has 3 rings (SSSR count). The minimum atomic E-state index is -2.81.